The van der Waals surface area contributed by atoms with Gasteiger partial charge >= 0.3 is 0 Å². The molecular formula is C15H19ClN2O2. The molecule has 0 aliphatic heterocycles. The Balaban J connectivity index is 2.36. The van der Waals surface area contributed by atoms with Crippen LogP contribution in [0.2, 0.25) is 5.02 Å². The third kappa shape index (κ3) is 3.45. The molecule has 1 aromatic heterocycles. The molecule has 2 aromatic rings. The van der Waals surface area contributed by atoms with Crippen molar-refractivity contribution in [2.45, 2.75) is 20.8 Å². The van der Waals surface area contributed by atoms with Gasteiger partial charge in [0.05, 0.1) is 18.2 Å². The maximum atomic E-state index is 6.32. The number of aromatic nitrogens is 2. The molecule has 1 N–H and O–H groups in total. The first-order chi connectivity index (χ1) is 9.61. The highest BCUT2D eigenvalue weighted by atomic mass is 35.5. The lowest BCUT2D eigenvalue weighted by Crippen LogP contribution is -2.07. The minimum absolute atomic E-state index is 0.422. The van der Waals surface area contributed by atoms with E-state index in [1.54, 1.807) is 12.4 Å². The number of aromatic amines is 1. The first-order valence-electron chi connectivity index (χ1n) is 6.70. The van der Waals surface area contributed by atoms with Crippen LogP contribution in [0.4, 0.5) is 0 Å². The molecule has 0 amide bonds. The standard InChI is InChI=1S/C15H19ClN2O2/c1-4-19-13-8-11(15-17-5-6-18-15)7-12(16)14(13)20-9-10(2)3/h5-8,10H,4,9H2,1-3H3,(H,17,18). The topological polar surface area (TPSA) is 47.1 Å². The lowest BCUT2D eigenvalue weighted by molar-refractivity contribution is 0.248. The summed E-state index contributed by atoms with van der Waals surface area (Å²) in [4.78, 5) is 7.28. The molecule has 0 saturated carbocycles. The number of halogens is 1. The van der Waals surface area contributed by atoms with E-state index < -0.39 is 0 Å². The van der Waals surface area contributed by atoms with E-state index in [0.717, 1.165) is 11.4 Å². The van der Waals surface area contributed by atoms with Gasteiger partial charge in [-0.1, -0.05) is 25.4 Å². The molecule has 1 heterocycles. The van der Waals surface area contributed by atoms with E-state index in [0.29, 0.717) is 35.7 Å². The van der Waals surface area contributed by atoms with Gasteiger partial charge in [0.15, 0.2) is 11.5 Å². The third-order valence-electron chi connectivity index (χ3n) is 2.64. The number of benzene rings is 1. The first kappa shape index (κ1) is 14.7. The lowest BCUT2D eigenvalue weighted by Gasteiger charge is -2.16. The minimum Gasteiger partial charge on any atom is -0.490 e. The van der Waals surface area contributed by atoms with Gasteiger partial charge < -0.3 is 14.5 Å². The van der Waals surface area contributed by atoms with Crippen molar-refractivity contribution >= 4 is 11.6 Å². The van der Waals surface area contributed by atoms with E-state index in [9.17, 15) is 0 Å². The Labute approximate surface area is 124 Å². The van der Waals surface area contributed by atoms with Gasteiger partial charge in [0.2, 0.25) is 0 Å². The van der Waals surface area contributed by atoms with Gasteiger partial charge in [-0.15, -0.1) is 0 Å². The smallest absolute Gasteiger partial charge is 0.179 e. The summed E-state index contributed by atoms with van der Waals surface area (Å²) in [6.45, 7) is 7.26. The Bertz CT molecular complexity index is 553. The van der Waals surface area contributed by atoms with Crippen LogP contribution < -0.4 is 9.47 Å². The maximum absolute atomic E-state index is 6.32. The van der Waals surface area contributed by atoms with Gasteiger partial charge in [-0.3, -0.25) is 0 Å². The number of hydrogen-bond donors (Lipinski definition) is 1. The molecule has 20 heavy (non-hydrogen) atoms. The summed E-state index contributed by atoms with van der Waals surface area (Å²) >= 11 is 6.32. The van der Waals surface area contributed by atoms with E-state index in [4.69, 9.17) is 21.1 Å². The zero-order chi connectivity index (χ0) is 14.5. The molecule has 0 spiro atoms. The van der Waals surface area contributed by atoms with Crippen LogP contribution in [0.1, 0.15) is 20.8 Å². The van der Waals surface area contributed by atoms with Crippen LogP contribution in [-0.4, -0.2) is 23.2 Å². The van der Waals surface area contributed by atoms with Gasteiger partial charge in [-0.25, -0.2) is 4.98 Å². The molecule has 0 bridgehead atoms. The lowest BCUT2D eigenvalue weighted by atomic mass is 10.2. The maximum Gasteiger partial charge on any atom is 0.179 e. The molecular weight excluding hydrogens is 276 g/mol. The monoisotopic (exact) mass is 294 g/mol. The van der Waals surface area contributed by atoms with Crippen LogP contribution in [-0.2, 0) is 0 Å². The van der Waals surface area contributed by atoms with Crippen molar-refractivity contribution in [3.8, 4) is 22.9 Å². The van der Waals surface area contributed by atoms with Crippen LogP contribution in [0.15, 0.2) is 24.5 Å². The van der Waals surface area contributed by atoms with Crippen molar-refractivity contribution in [3.63, 3.8) is 0 Å². The van der Waals surface area contributed by atoms with Gasteiger partial charge in [-0.2, -0.15) is 0 Å². The molecule has 0 aliphatic carbocycles. The Hall–Kier alpha value is -1.68. The highest BCUT2D eigenvalue weighted by Gasteiger charge is 2.15. The van der Waals surface area contributed by atoms with Gasteiger partial charge in [0, 0.05) is 18.0 Å². The highest BCUT2D eigenvalue weighted by Crippen LogP contribution is 2.39. The summed E-state index contributed by atoms with van der Waals surface area (Å²) in [6.07, 6.45) is 3.47. The van der Waals surface area contributed by atoms with E-state index in [-0.39, 0.29) is 0 Å². The first-order valence-corrected chi connectivity index (χ1v) is 7.08. The fraction of sp³-hybridized carbons (Fsp3) is 0.400. The SMILES string of the molecule is CCOc1cc(-c2ncc[nH]2)cc(Cl)c1OCC(C)C. The molecule has 2 rings (SSSR count). The van der Waals surface area contributed by atoms with Crippen molar-refractivity contribution in [1.82, 2.24) is 9.97 Å². The summed E-state index contributed by atoms with van der Waals surface area (Å²) in [6, 6.07) is 3.72. The minimum atomic E-state index is 0.422. The number of ether oxygens (including phenoxy) is 2. The van der Waals surface area contributed by atoms with Gasteiger partial charge in [0.25, 0.3) is 0 Å². The summed E-state index contributed by atoms with van der Waals surface area (Å²) in [5.74, 6) is 2.41. The Morgan fingerprint density at radius 1 is 1.30 bits per heavy atom. The predicted molar refractivity (Wildman–Crippen MR) is 80.5 cm³/mol. The van der Waals surface area contributed by atoms with Crippen LogP contribution in [0, 0.1) is 5.92 Å². The molecule has 0 saturated heterocycles. The average Bonchev–Trinajstić information content (AvgIpc) is 2.91. The normalized spacial score (nSPS) is 10.8. The summed E-state index contributed by atoms with van der Waals surface area (Å²) in [5, 5.41) is 0.531. The molecule has 4 nitrogen and oxygen atoms in total. The van der Waals surface area contributed by atoms with Crippen molar-refractivity contribution in [2.75, 3.05) is 13.2 Å². The Morgan fingerprint density at radius 3 is 2.70 bits per heavy atom. The van der Waals surface area contributed by atoms with Crippen molar-refractivity contribution in [2.24, 2.45) is 5.92 Å². The number of hydrogen-bond acceptors (Lipinski definition) is 3. The third-order valence-corrected chi connectivity index (χ3v) is 2.92. The second-order valence-corrected chi connectivity index (χ2v) is 5.27. The predicted octanol–water partition coefficient (Wildman–Crippen LogP) is 4.16. The summed E-state index contributed by atoms with van der Waals surface area (Å²) in [5.41, 5.74) is 0.875. The highest BCUT2D eigenvalue weighted by molar-refractivity contribution is 6.32. The number of nitrogens with zero attached hydrogens (tertiary/aromatic N) is 1. The Morgan fingerprint density at radius 2 is 2.10 bits per heavy atom. The Kier molecular flexibility index (Phi) is 4.90. The molecule has 0 fully saturated rings. The molecule has 108 valence electrons. The fourth-order valence-electron chi connectivity index (χ4n) is 1.78. The molecule has 0 aliphatic rings. The quantitative estimate of drug-likeness (QED) is 0.870. The van der Waals surface area contributed by atoms with E-state index in [2.05, 4.69) is 23.8 Å². The fourth-order valence-corrected chi connectivity index (χ4v) is 2.05. The molecule has 0 unspecified atom stereocenters. The number of nitrogens with one attached hydrogen (secondary N) is 1. The van der Waals surface area contributed by atoms with Crippen LogP contribution in [0.5, 0.6) is 11.5 Å². The number of H-pyrrole nitrogens is 1. The second-order valence-electron chi connectivity index (χ2n) is 4.86. The average molecular weight is 295 g/mol. The molecule has 1 aromatic carbocycles. The van der Waals surface area contributed by atoms with E-state index >= 15 is 0 Å². The number of rotatable bonds is 6. The molecule has 5 heteroatoms. The van der Waals surface area contributed by atoms with E-state index in [1.165, 1.54) is 0 Å². The van der Waals surface area contributed by atoms with Gasteiger partial charge in [-0.05, 0) is 25.0 Å². The zero-order valence-corrected chi connectivity index (χ0v) is 12.7. The molecule has 0 atom stereocenters. The van der Waals surface area contributed by atoms with Crippen LogP contribution in [0.25, 0.3) is 11.4 Å². The van der Waals surface area contributed by atoms with Crippen LogP contribution in [0.3, 0.4) is 0 Å². The summed E-state index contributed by atoms with van der Waals surface area (Å²) < 4.78 is 11.4. The number of imidazole rings is 1. The molecule has 0 radical (unpaired) electrons. The van der Waals surface area contributed by atoms with Crippen LogP contribution >= 0.6 is 11.6 Å². The van der Waals surface area contributed by atoms with Crippen molar-refractivity contribution < 1.29 is 9.47 Å². The van der Waals surface area contributed by atoms with Crippen molar-refractivity contribution in [3.05, 3.63) is 29.5 Å². The second kappa shape index (κ2) is 6.66. The largest absolute Gasteiger partial charge is 0.490 e. The summed E-state index contributed by atoms with van der Waals surface area (Å²) in [7, 11) is 0. The van der Waals surface area contributed by atoms with Gasteiger partial charge in [0.1, 0.15) is 5.82 Å². The van der Waals surface area contributed by atoms with E-state index in [1.807, 2.05) is 19.1 Å². The van der Waals surface area contributed by atoms with Crippen molar-refractivity contribution in [1.29, 1.82) is 0 Å². The zero-order valence-electron chi connectivity index (χ0n) is 11.9.